The summed E-state index contributed by atoms with van der Waals surface area (Å²) in [4.78, 5) is 3.28. The van der Waals surface area contributed by atoms with E-state index in [4.69, 9.17) is 0 Å². The lowest BCUT2D eigenvalue weighted by Crippen LogP contribution is -2.34. The Morgan fingerprint density at radius 2 is 2.05 bits per heavy atom. The van der Waals surface area contributed by atoms with Crippen LogP contribution in [0.3, 0.4) is 0 Å². The number of nitrogens with one attached hydrogen (secondary N) is 2. The predicted octanol–water partition coefficient (Wildman–Crippen LogP) is 4.23. The highest BCUT2D eigenvalue weighted by Gasteiger charge is 2.19. The van der Waals surface area contributed by atoms with Gasteiger partial charge in [0.05, 0.1) is 0 Å². The summed E-state index contributed by atoms with van der Waals surface area (Å²) < 4.78 is 0. The summed E-state index contributed by atoms with van der Waals surface area (Å²) in [5, 5.41) is 5.01. The van der Waals surface area contributed by atoms with Gasteiger partial charge in [0, 0.05) is 24.3 Å². The number of hydrogen-bond acceptors (Lipinski definition) is 1. The topological polar surface area (TPSA) is 27.8 Å². The quantitative estimate of drug-likeness (QED) is 0.842. The lowest BCUT2D eigenvalue weighted by Gasteiger charge is -2.28. The van der Waals surface area contributed by atoms with Gasteiger partial charge in [0.1, 0.15) is 0 Å². The monoisotopic (exact) mass is 256 g/mol. The van der Waals surface area contributed by atoms with E-state index in [9.17, 15) is 0 Å². The summed E-state index contributed by atoms with van der Waals surface area (Å²) in [6.45, 7) is 3.33. The Bertz CT molecular complexity index is 523. The van der Waals surface area contributed by atoms with Crippen LogP contribution in [0, 0.1) is 5.92 Å². The fraction of sp³-hybridized carbons (Fsp3) is 0.529. The molecule has 2 heteroatoms. The van der Waals surface area contributed by atoms with E-state index in [1.54, 1.807) is 0 Å². The molecule has 0 amide bonds. The smallest absolute Gasteiger partial charge is 0.0457 e. The number of rotatable bonds is 4. The van der Waals surface area contributed by atoms with Crippen LogP contribution in [0.4, 0.5) is 0 Å². The van der Waals surface area contributed by atoms with Gasteiger partial charge < -0.3 is 10.3 Å². The van der Waals surface area contributed by atoms with E-state index in [2.05, 4.69) is 41.5 Å². The van der Waals surface area contributed by atoms with Gasteiger partial charge in [0.15, 0.2) is 0 Å². The molecular formula is C17H24N2. The minimum Gasteiger partial charge on any atom is -0.361 e. The van der Waals surface area contributed by atoms with Crippen LogP contribution in [0.2, 0.25) is 0 Å². The molecule has 19 heavy (non-hydrogen) atoms. The highest BCUT2D eigenvalue weighted by molar-refractivity contribution is 5.79. The SMILES string of the molecule is CC(NCc1ccc2cc[nH]c2c1)C1CCCCC1. The Morgan fingerprint density at radius 3 is 2.89 bits per heavy atom. The Balaban J connectivity index is 1.58. The predicted molar refractivity (Wildman–Crippen MR) is 81.2 cm³/mol. The lowest BCUT2D eigenvalue weighted by molar-refractivity contribution is 0.280. The van der Waals surface area contributed by atoms with Crippen molar-refractivity contribution in [2.24, 2.45) is 5.92 Å². The van der Waals surface area contributed by atoms with Crippen molar-refractivity contribution < 1.29 is 0 Å². The van der Waals surface area contributed by atoms with Crippen molar-refractivity contribution in [3.8, 4) is 0 Å². The van der Waals surface area contributed by atoms with Gasteiger partial charge in [-0.3, -0.25) is 0 Å². The molecule has 1 atom stereocenters. The zero-order valence-corrected chi connectivity index (χ0v) is 11.8. The summed E-state index contributed by atoms with van der Waals surface area (Å²) >= 11 is 0. The second kappa shape index (κ2) is 5.79. The average Bonchev–Trinajstić information content (AvgIpc) is 2.93. The van der Waals surface area contributed by atoms with Gasteiger partial charge in [-0.1, -0.05) is 31.4 Å². The second-order valence-corrected chi connectivity index (χ2v) is 5.97. The largest absolute Gasteiger partial charge is 0.361 e. The molecule has 2 aromatic rings. The van der Waals surface area contributed by atoms with Crippen LogP contribution in [0.5, 0.6) is 0 Å². The van der Waals surface area contributed by atoms with Gasteiger partial charge in [-0.25, -0.2) is 0 Å². The summed E-state index contributed by atoms with van der Waals surface area (Å²) in [6.07, 6.45) is 9.10. The van der Waals surface area contributed by atoms with Crippen molar-refractivity contribution in [2.45, 2.75) is 51.6 Å². The maximum absolute atomic E-state index is 3.71. The van der Waals surface area contributed by atoms with E-state index < -0.39 is 0 Å². The maximum atomic E-state index is 3.71. The summed E-state index contributed by atoms with van der Waals surface area (Å²) in [6, 6.07) is 9.46. The van der Waals surface area contributed by atoms with Crippen molar-refractivity contribution >= 4 is 10.9 Å². The fourth-order valence-corrected chi connectivity index (χ4v) is 3.28. The van der Waals surface area contributed by atoms with Crippen molar-refractivity contribution in [2.75, 3.05) is 0 Å². The molecule has 2 nitrogen and oxygen atoms in total. The summed E-state index contributed by atoms with van der Waals surface area (Å²) in [5.41, 5.74) is 2.61. The van der Waals surface area contributed by atoms with Crippen LogP contribution in [-0.2, 0) is 6.54 Å². The lowest BCUT2D eigenvalue weighted by atomic mass is 9.84. The second-order valence-electron chi connectivity index (χ2n) is 5.97. The molecule has 0 radical (unpaired) electrons. The molecule has 1 aliphatic rings. The van der Waals surface area contributed by atoms with Crippen LogP contribution in [0.1, 0.15) is 44.6 Å². The molecule has 1 heterocycles. The van der Waals surface area contributed by atoms with Gasteiger partial charge in [0.25, 0.3) is 0 Å². The number of H-pyrrole nitrogens is 1. The number of hydrogen-bond donors (Lipinski definition) is 2. The zero-order chi connectivity index (χ0) is 13.1. The van der Waals surface area contributed by atoms with E-state index in [1.165, 1.54) is 48.6 Å². The first-order valence-corrected chi connectivity index (χ1v) is 7.62. The summed E-state index contributed by atoms with van der Waals surface area (Å²) in [7, 11) is 0. The van der Waals surface area contributed by atoms with Gasteiger partial charge >= 0.3 is 0 Å². The average molecular weight is 256 g/mol. The standard InChI is InChI=1S/C17H24N2/c1-13(15-5-3-2-4-6-15)19-12-14-7-8-16-9-10-18-17(16)11-14/h7-11,13,15,18-19H,2-6,12H2,1H3. The first kappa shape index (κ1) is 12.7. The maximum Gasteiger partial charge on any atom is 0.0457 e. The van der Waals surface area contributed by atoms with Gasteiger partial charge in [-0.2, -0.15) is 0 Å². The summed E-state index contributed by atoms with van der Waals surface area (Å²) in [5.74, 6) is 0.878. The van der Waals surface area contributed by atoms with Crippen molar-refractivity contribution in [1.29, 1.82) is 0 Å². The third-order valence-electron chi connectivity index (χ3n) is 4.60. The Morgan fingerprint density at radius 1 is 1.21 bits per heavy atom. The highest BCUT2D eigenvalue weighted by Crippen LogP contribution is 2.26. The first-order chi connectivity index (χ1) is 9.33. The number of aromatic nitrogens is 1. The van der Waals surface area contributed by atoms with Crippen LogP contribution < -0.4 is 5.32 Å². The fourth-order valence-electron chi connectivity index (χ4n) is 3.28. The molecule has 0 saturated heterocycles. The minimum absolute atomic E-state index is 0.639. The van der Waals surface area contributed by atoms with Crippen molar-refractivity contribution in [3.63, 3.8) is 0 Å². The van der Waals surface area contributed by atoms with Crippen LogP contribution in [0.25, 0.3) is 10.9 Å². The molecule has 0 aliphatic heterocycles. The van der Waals surface area contributed by atoms with Crippen LogP contribution in [0.15, 0.2) is 30.5 Å². The van der Waals surface area contributed by atoms with E-state index in [0.717, 1.165) is 12.5 Å². The normalized spacial score (nSPS) is 18.8. The van der Waals surface area contributed by atoms with E-state index >= 15 is 0 Å². The van der Waals surface area contributed by atoms with E-state index in [1.807, 2.05) is 6.20 Å². The first-order valence-electron chi connectivity index (χ1n) is 7.62. The zero-order valence-electron chi connectivity index (χ0n) is 11.8. The molecule has 3 rings (SSSR count). The highest BCUT2D eigenvalue weighted by atomic mass is 14.9. The van der Waals surface area contributed by atoms with Gasteiger partial charge in [0.2, 0.25) is 0 Å². The van der Waals surface area contributed by atoms with Crippen LogP contribution in [-0.4, -0.2) is 11.0 Å². The third kappa shape index (κ3) is 3.01. The van der Waals surface area contributed by atoms with Gasteiger partial charge in [-0.15, -0.1) is 0 Å². The Hall–Kier alpha value is -1.28. The van der Waals surface area contributed by atoms with Crippen LogP contribution >= 0.6 is 0 Å². The molecule has 0 spiro atoms. The number of aromatic amines is 1. The van der Waals surface area contributed by atoms with E-state index in [-0.39, 0.29) is 0 Å². The van der Waals surface area contributed by atoms with Crippen molar-refractivity contribution in [3.05, 3.63) is 36.0 Å². The molecule has 102 valence electrons. The van der Waals surface area contributed by atoms with Crippen molar-refractivity contribution in [1.82, 2.24) is 10.3 Å². The molecule has 1 aliphatic carbocycles. The molecule has 1 aromatic heterocycles. The Labute approximate surface area is 115 Å². The van der Waals surface area contributed by atoms with Gasteiger partial charge in [-0.05, 0) is 48.8 Å². The number of benzene rings is 1. The van der Waals surface area contributed by atoms with E-state index in [0.29, 0.717) is 6.04 Å². The molecule has 1 saturated carbocycles. The molecule has 1 unspecified atom stereocenters. The number of fused-ring (bicyclic) bond motifs is 1. The molecule has 1 aromatic carbocycles. The molecule has 2 N–H and O–H groups in total. The Kier molecular flexibility index (Phi) is 3.88. The molecular weight excluding hydrogens is 232 g/mol. The minimum atomic E-state index is 0.639. The molecule has 1 fully saturated rings. The molecule has 0 bridgehead atoms. The third-order valence-corrected chi connectivity index (χ3v) is 4.60.